The molecule has 0 radical (unpaired) electrons. The molecule has 0 N–H and O–H groups in total. The van der Waals surface area contributed by atoms with Crippen LogP contribution in [0.5, 0.6) is 0 Å². The fourth-order valence-electron chi connectivity index (χ4n) is 2.48. The third kappa shape index (κ3) is 1.83. The van der Waals surface area contributed by atoms with Gasteiger partial charge in [0.25, 0.3) is 0 Å². The van der Waals surface area contributed by atoms with E-state index in [-0.39, 0.29) is 18.8 Å². The van der Waals surface area contributed by atoms with Crippen LogP contribution in [0.2, 0.25) is 0 Å². The Hall–Kier alpha value is -1.00. The Morgan fingerprint density at radius 1 is 1.19 bits per heavy atom. The zero-order valence-corrected chi connectivity index (χ0v) is 9.07. The first kappa shape index (κ1) is 10.2. The highest BCUT2D eigenvalue weighted by molar-refractivity contribution is 5.03. The molecule has 0 saturated heterocycles. The molecule has 0 amide bonds. The predicted octanol–water partition coefficient (Wildman–Crippen LogP) is 2.91. The summed E-state index contributed by atoms with van der Waals surface area (Å²) in [5.74, 6) is -1.35. The zero-order chi connectivity index (χ0) is 11.2. The molecule has 0 atom stereocenters. The molecule has 2 aliphatic carbocycles. The number of nitrogens with zero attached hydrogens (tertiary/aromatic N) is 3. The standard InChI is InChI=1S/C11H15F2N3/c12-11(13)5-3-8(4-6-11)10-15-14-7-16(10)9-1-2-9/h7-9H,1-6H2. The molecule has 2 aliphatic rings. The molecule has 3 nitrogen and oxygen atoms in total. The second kappa shape index (κ2) is 3.50. The first-order chi connectivity index (χ1) is 7.66. The van der Waals surface area contributed by atoms with E-state index in [0.717, 1.165) is 5.82 Å². The van der Waals surface area contributed by atoms with Crippen molar-refractivity contribution in [3.05, 3.63) is 12.2 Å². The Morgan fingerprint density at radius 2 is 1.88 bits per heavy atom. The molecule has 5 heteroatoms. The van der Waals surface area contributed by atoms with E-state index >= 15 is 0 Å². The van der Waals surface area contributed by atoms with E-state index < -0.39 is 5.92 Å². The molecule has 1 aromatic rings. The molecule has 0 spiro atoms. The molecule has 88 valence electrons. The van der Waals surface area contributed by atoms with Crippen molar-refractivity contribution in [2.45, 2.75) is 56.4 Å². The van der Waals surface area contributed by atoms with Crippen LogP contribution in [-0.2, 0) is 0 Å². The first-order valence-electron chi connectivity index (χ1n) is 5.93. The number of hydrogen-bond acceptors (Lipinski definition) is 2. The molecule has 1 heterocycles. The van der Waals surface area contributed by atoms with Crippen molar-refractivity contribution < 1.29 is 8.78 Å². The first-order valence-corrected chi connectivity index (χ1v) is 5.93. The fraction of sp³-hybridized carbons (Fsp3) is 0.818. The van der Waals surface area contributed by atoms with E-state index in [1.807, 2.05) is 0 Å². The van der Waals surface area contributed by atoms with Gasteiger partial charge in [0.15, 0.2) is 0 Å². The lowest BCUT2D eigenvalue weighted by molar-refractivity contribution is -0.0390. The van der Waals surface area contributed by atoms with Gasteiger partial charge in [0.2, 0.25) is 5.92 Å². The Bertz CT molecular complexity index is 374. The smallest absolute Gasteiger partial charge is 0.248 e. The van der Waals surface area contributed by atoms with Crippen molar-refractivity contribution in [3.8, 4) is 0 Å². The molecule has 2 fully saturated rings. The van der Waals surface area contributed by atoms with Crippen LogP contribution in [0, 0.1) is 0 Å². The van der Waals surface area contributed by atoms with Gasteiger partial charge >= 0.3 is 0 Å². The van der Waals surface area contributed by atoms with E-state index in [1.165, 1.54) is 12.8 Å². The van der Waals surface area contributed by atoms with Crippen LogP contribution in [0.25, 0.3) is 0 Å². The van der Waals surface area contributed by atoms with Crippen molar-refractivity contribution in [3.63, 3.8) is 0 Å². The maximum Gasteiger partial charge on any atom is 0.248 e. The van der Waals surface area contributed by atoms with E-state index in [2.05, 4.69) is 14.8 Å². The monoisotopic (exact) mass is 227 g/mol. The molecule has 3 rings (SSSR count). The number of halogens is 2. The summed E-state index contributed by atoms with van der Waals surface area (Å²) < 4.78 is 28.2. The Labute approximate surface area is 92.9 Å². The quantitative estimate of drug-likeness (QED) is 0.777. The number of hydrogen-bond donors (Lipinski definition) is 0. The molecule has 0 aliphatic heterocycles. The highest BCUT2D eigenvalue weighted by Crippen LogP contribution is 2.43. The van der Waals surface area contributed by atoms with Crippen LogP contribution >= 0.6 is 0 Å². The number of aromatic nitrogens is 3. The number of alkyl halides is 2. The molecule has 0 bridgehead atoms. The Kier molecular flexibility index (Phi) is 2.23. The van der Waals surface area contributed by atoms with Crippen LogP contribution in [0.3, 0.4) is 0 Å². The van der Waals surface area contributed by atoms with Crippen LogP contribution in [-0.4, -0.2) is 20.7 Å². The summed E-state index contributed by atoms with van der Waals surface area (Å²) in [4.78, 5) is 0. The molecular formula is C11H15F2N3. The van der Waals surface area contributed by atoms with Crippen molar-refractivity contribution in [2.75, 3.05) is 0 Å². The van der Waals surface area contributed by atoms with E-state index in [4.69, 9.17) is 0 Å². The summed E-state index contributed by atoms with van der Waals surface area (Å²) in [6.07, 6.45) is 5.17. The van der Waals surface area contributed by atoms with E-state index in [1.54, 1.807) is 6.33 Å². The third-order valence-corrected chi connectivity index (χ3v) is 3.62. The van der Waals surface area contributed by atoms with Crippen molar-refractivity contribution >= 4 is 0 Å². The summed E-state index contributed by atoms with van der Waals surface area (Å²) in [6.45, 7) is 0. The average molecular weight is 227 g/mol. The van der Waals surface area contributed by atoms with Gasteiger partial charge in [-0.3, -0.25) is 0 Å². The summed E-state index contributed by atoms with van der Waals surface area (Å²) in [7, 11) is 0. The largest absolute Gasteiger partial charge is 0.314 e. The van der Waals surface area contributed by atoms with Gasteiger partial charge in [-0.05, 0) is 25.7 Å². The van der Waals surface area contributed by atoms with E-state index in [0.29, 0.717) is 18.9 Å². The van der Waals surface area contributed by atoms with Gasteiger partial charge in [-0.25, -0.2) is 8.78 Å². The zero-order valence-electron chi connectivity index (χ0n) is 9.07. The van der Waals surface area contributed by atoms with Gasteiger partial charge < -0.3 is 4.57 Å². The fourth-order valence-corrected chi connectivity index (χ4v) is 2.48. The minimum atomic E-state index is -2.46. The average Bonchev–Trinajstić information content (AvgIpc) is 2.98. The second-order valence-electron chi connectivity index (χ2n) is 4.96. The third-order valence-electron chi connectivity index (χ3n) is 3.62. The summed E-state index contributed by atoms with van der Waals surface area (Å²) in [6, 6.07) is 0.535. The van der Waals surface area contributed by atoms with Gasteiger partial charge in [-0.1, -0.05) is 0 Å². The van der Waals surface area contributed by atoms with Crippen molar-refractivity contribution in [2.24, 2.45) is 0 Å². The SMILES string of the molecule is FC1(F)CCC(c2nncn2C2CC2)CC1. The lowest BCUT2D eigenvalue weighted by Gasteiger charge is -2.27. The van der Waals surface area contributed by atoms with Crippen molar-refractivity contribution in [1.82, 2.24) is 14.8 Å². The molecular weight excluding hydrogens is 212 g/mol. The molecule has 0 unspecified atom stereocenters. The Morgan fingerprint density at radius 3 is 2.50 bits per heavy atom. The highest BCUT2D eigenvalue weighted by Gasteiger charge is 2.38. The van der Waals surface area contributed by atoms with Gasteiger partial charge in [-0.15, -0.1) is 10.2 Å². The van der Waals surface area contributed by atoms with Crippen LogP contribution in [0.15, 0.2) is 6.33 Å². The van der Waals surface area contributed by atoms with Gasteiger partial charge in [0, 0.05) is 24.8 Å². The maximum absolute atomic E-state index is 13.0. The predicted molar refractivity (Wildman–Crippen MR) is 54.4 cm³/mol. The Balaban J connectivity index is 1.75. The van der Waals surface area contributed by atoms with Crippen LogP contribution < -0.4 is 0 Å². The topological polar surface area (TPSA) is 30.7 Å². The normalized spacial score (nSPS) is 25.9. The maximum atomic E-state index is 13.0. The van der Waals surface area contributed by atoms with Gasteiger partial charge in [0.05, 0.1) is 0 Å². The second-order valence-corrected chi connectivity index (χ2v) is 4.96. The minimum Gasteiger partial charge on any atom is -0.314 e. The summed E-state index contributed by atoms with van der Waals surface area (Å²) in [5.41, 5.74) is 0. The van der Waals surface area contributed by atoms with E-state index in [9.17, 15) is 8.78 Å². The van der Waals surface area contributed by atoms with Gasteiger partial charge in [-0.2, -0.15) is 0 Å². The molecule has 0 aromatic carbocycles. The lowest BCUT2D eigenvalue weighted by Crippen LogP contribution is -2.25. The molecule has 16 heavy (non-hydrogen) atoms. The number of rotatable bonds is 2. The molecule has 1 aromatic heterocycles. The molecule has 2 saturated carbocycles. The van der Waals surface area contributed by atoms with Crippen molar-refractivity contribution in [1.29, 1.82) is 0 Å². The highest BCUT2D eigenvalue weighted by atomic mass is 19.3. The summed E-state index contributed by atoms with van der Waals surface area (Å²) >= 11 is 0. The lowest BCUT2D eigenvalue weighted by atomic mass is 9.86. The van der Waals surface area contributed by atoms with Crippen LogP contribution in [0.4, 0.5) is 8.78 Å². The summed E-state index contributed by atoms with van der Waals surface area (Å²) in [5, 5.41) is 8.04. The minimum absolute atomic E-state index is 0.00477. The van der Waals surface area contributed by atoms with Crippen LogP contribution in [0.1, 0.15) is 56.3 Å². The van der Waals surface area contributed by atoms with Gasteiger partial charge in [0.1, 0.15) is 12.2 Å².